The summed E-state index contributed by atoms with van der Waals surface area (Å²) in [6.45, 7) is 22.1. The van der Waals surface area contributed by atoms with Crippen molar-refractivity contribution < 1.29 is 13.2 Å². The fourth-order valence-corrected chi connectivity index (χ4v) is 13.1. The van der Waals surface area contributed by atoms with Crippen LogP contribution in [-0.2, 0) is 16.2 Å². The Morgan fingerprint density at radius 1 is 0.388 bits per heavy atom. The number of hydrogen-bond acceptors (Lipinski definition) is 3. The van der Waals surface area contributed by atoms with Crippen LogP contribution < -0.4 is 9.80 Å². The predicted octanol–water partition coefficient (Wildman–Crippen LogP) is 21.3. The third kappa shape index (κ3) is 8.19. The first-order chi connectivity index (χ1) is 38.4. The van der Waals surface area contributed by atoms with Gasteiger partial charge in [0, 0.05) is 39.2 Å². The molecule has 5 heteroatoms. The van der Waals surface area contributed by atoms with Crippen LogP contribution >= 0.6 is 0 Å². The van der Waals surface area contributed by atoms with Gasteiger partial charge in [0.2, 0.25) is 0 Å². The SMILES string of the molecule is Cc1cc(C)cc(N(c2ccc(C(C)(C)C)cc2)c2ccc3c4c(c5ccccc5c3c2)-c2c(cc(N(c3ccc(C(C)(C)C)cc3)c3cc(C)cc(C)c3)c3oc5ccccc5c23)C4(c2ccc(F)cc2)c2ccc(F)cc2)c1. The van der Waals surface area contributed by atoms with E-state index in [0.29, 0.717) is 0 Å². The van der Waals surface area contributed by atoms with Crippen molar-refractivity contribution in [3.63, 3.8) is 0 Å². The van der Waals surface area contributed by atoms with E-state index in [9.17, 15) is 0 Å². The first kappa shape index (κ1) is 50.7. The number of fused-ring (bicyclic) bond motifs is 12. The monoisotopic (exact) mass is 1050 g/mol. The molecule has 394 valence electrons. The van der Waals surface area contributed by atoms with Crippen molar-refractivity contribution in [2.75, 3.05) is 9.80 Å². The Balaban J connectivity index is 1.20. The molecule has 0 N–H and O–H groups in total. The van der Waals surface area contributed by atoms with Gasteiger partial charge in [-0.1, -0.05) is 151 Å². The zero-order chi connectivity index (χ0) is 55.6. The minimum Gasteiger partial charge on any atom is -0.454 e. The molecule has 0 spiro atoms. The summed E-state index contributed by atoms with van der Waals surface area (Å²) < 4.78 is 38.8. The lowest BCUT2D eigenvalue weighted by molar-refractivity contribution is 0.590. The van der Waals surface area contributed by atoms with E-state index in [1.54, 1.807) is 24.3 Å². The first-order valence-electron chi connectivity index (χ1n) is 27.8. The Kier molecular flexibility index (Phi) is 11.8. The first-order valence-corrected chi connectivity index (χ1v) is 27.8. The maximum Gasteiger partial charge on any atom is 0.160 e. The molecule has 1 aliphatic carbocycles. The van der Waals surface area contributed by atoms with Gasteiger partial charge in [0.15, 0.2) is 5.58 Å². The molecule has 0 aliphatic heterocycles. The molecule has 1 heterocycles. The molecule has 12 aromatic rings. The molecule has 80 heavy (non-hydrogen) atoms. The molecule has 0 atom stereocenters. The van der Waals surface area contributed by atoms with Crippen LogP contribution in [0.5, 0.6) is 0 Å². The molecule has 1 aromatic heterocycles. The maximum absolute atomic E-state index is 15.7. The Hall–Kier alpha value is -8.80. The highest BCUT2D eigenvalue weighted by Gasteiger charge is 2.50. The number of para-hydroxylation sites is 1. The molecular formula is C75H64F2N2O. The maximum atomic E-state index is 15.7. The molecule has 11 aromatic carbocycles. The van der Waals surface area contributed by atoms with Gasteiger partial charge in [0.1, 0.15) is 17.2 Å². The Morgan fingerprint density at radius 2 is 0.850 bits per heavy atom. The number of nitrogens with zero attached hydrogens (tertiary/aromatic N) is 2. The number of aryl methyl sites for hydroxylation is 4. The van der Waals surface area contributed by atoms with Gasteiger partial charge in [0.25, 0.3) is 0 Å². The van der Waals surface area contributed by atoms with Crippen molar-refractivity contribution in [3.05, 3.63) is 274 Å². The summed E-state index contributed by atoms with van der Waals surface area (Å²) in [4.78, 5) is 4.72. The van der Waals surface area contributed by atoms with Gasteiger partial charge in [-0.25, -0.2) is 8.78 Å². The average Bonchev–Trinajstić information content (AvgIpc) is 4.10. The summed E-state index contributed by atoms with van der Waals surface area (Å²) in [5.41, 5.74) is 19.1. The average molecular weight is 1050 g/mol. The molecular weight excluding hydrogens is 983 g/mol. The van der Waals surface area contributed by atoms with Gasteiger partial charge in [-0.05, 0) is 224 Å². The molecule has 0 unspecified atom stereocenters. The Labute approximate surface area is 468 Å². The van der Waals surface area contributed by atoms with Gasteiger partial charge in [-0.15, -0.1) is 0 Å². The van der Waals surface area contributed by atoms with Gasteiger partial charge in [-0.2, -0.15) is 0 Å². The summed E-state index contributed by atoms with van der Waals surface area (Å²) in [5.74, 6) is -0.679. The standard InChI is InChI=1S/C75H64F2N2O/c1-45-37-46(2)40-58(39-45)78(55-31-23-49(24-32-55)73(5,6)7)57-35-36-62-64(43-57)60-15-11-12-16-61(60)68-70-65(75(71(62)68,51-19-27-53(76)28-20-51)52-21-29-54(77)30-22-52)44-66(72-69(70)63-17-13-14-18-67(63)80-72)79(59-41-47(3)38-48(4)42-59)56-33-25-50(26-34-56)74(8,9)10/h11-44H,1-10H3. The number of furan rings is 1. The van der Waals surface area contributed by atoms with Crippen molar-refractivity contribution in [1.82, 2.24) is 0 Å². The lowest BCUT2D eigenvalue weighted by atomic mass is 9.66. The van der Waals surface area contributed by atoms with Crippen molar-refractivity contribution in [2.45, 2.75) is 85.5 Å². The van der Waals surface area contributed by atoms with Crippen molar-refractivity contribution >= 4 is 77.6 Å². The predicted molar refractivity (Wildman–Crippen MR) is 332 cm³/mol. The van der Waals surface area contributed by atoms with Crippen molar-refractivity contribution in [2.24, 2.45) is 0 Å². The second-order valence-electron chi connectivity index (χ2n) is 24.4. The van der Waals surface area contributed by atoms with Crippen LogP contribution in [0.4, 0.5) is 42.9 Å². The van der Waals surface area contributed by atoms with Gasteiger partial charge < -0.3 is 14.2 Å². The zero-order valence-corrected chi connectivity index (χ0v) is 47.2. The fourth-order valence-electron chi connectivity index (χ4n) is 13.1. The van der Waals surface area contributed by atoms with Crippen LogP contribution in [0.1, 0.15) is 97.2 Å². The molecule has 0 radical (unpaired) electrons. The van der Waals surface area contributed by atoms with Crippen molar-refractivity contribution in [3.8, 4) is 11.1 Å². The van der Waals surface area contributed by atoms with E-state index in [1.165, 1.54) is 22.3 Å². The topological polar surface area (TPSA) is 19.6 Å². The van der Waals surface area contributed by atoms with Gasteiger partial charge in [-0.3, -0.25) is 0 Å². The summed E-state index contributed by atoms with van der Waals surface area (Å²) >= 11 is 0. The summed E-state index contributed by atoms with van der Waals surface area (Å²) in [7, 11) is 0. The third-order valence-electron chi connectivity index (χ3n) is 16.6. The second-order valence-corrected chi connectivity index (χ2v) is 24.4. The smallest absolute Gasteiger partial charge is 0.160 e. The van der Waals surface area contributed by atoms with E-state index >= 15 is 8.78 Å². The molecule has 0 fully saturated rings. The van der Waals surface area contributed by atoms with E-state index in [1.807, 2.05) is 30.3 Å². The summed E-state index contributed by atoms with van der Waals surface area (Å²) in [6, 6.07) is 71.7. The number of halogens is 2. The van der Waals surface area contributed by atoms with E-state index in [4.69, 9.17) is 4.42 Å². The molecule has 3 nitrogen and oxygen atoms in total. The molecule has 0 amide bonds. The van der Waals surface area contributed by atoms with Crippen LogP contribution in [0.15, 0.2) is 211 Å². The number of benzene rings is 11. The van der Waals surface area contributed by atoms with Gasteiger partial charge in [0.05, 0.1) is 11.1 Å². The summed E-state index contributed by atoms with van der Waals surface area (Å²) in [6.07, 6.45) is 0. The van der Waals surface area contributed by atoms with Crippen LogP contribution in [0, 0.1) is 39.3 Å². The lowest BCUT2D eigenvalue weighted by Crippen LogP contribution is -2.29. The second kappa shape index (κ2) is 18.7. The highest BCUT2D eigenvalue weighted by atomic mass is 19.1. The molecule has 13 rings (SSSR count). The number of rotatable bonds is 8. The largest absolute Gasteiger partial charge is 0.454 e. The Morgan fingerprint density at radius 3 is 1.38 bits per heavy atom. The number of anilines is 6. The molecule has 0 saturated heterocycles. The quantitative estimate of drug-likeness (QED) is 0.141. The summed E-state index contributed by atoms with van der Waals surface area (Å²) in [5, 5.41) is 6.19. The fraction of sp³-hybridized carbons (Fsp3) is 0.173. The van der Waals surface area contributed by atoms with E-state index in [2.05, 4.69) is 231 Å². The molecule has 0 saturated carbocycles. The molecule has 0 bridgehead atoms. The van der Waals surface area contributed by atoms with Crippen LogP contribution in [-0.4, -0.2) is 0 Å². The minimum atomic E-state index is -1.14. The van der Waals surface area contributed by atoms with Crippen LogP contribution in [0.25, 0.3) is 54.6 Å². The lowest BCUT2D eigenvalue weighted by Gasteiger charge is -2.36. The van der Waals surface area contributed by atoms with Crippen LogP contribution in [0.2, 0.25) is 0 Å². The highest BCUT2D eigenvalue weighted by molar-refractivity contribution is 6.27. The molecule has 1 aliphatic rings. The van der Waals surface area contributed by atoms with E-state index < -0.39 is 5.41 Å². The van der Waals surface area contributed by atoms with Crippen LogP contribution in [0.3, 0.4) is 0 Å². The highest BCUT2D eigenvalue weighted by Crippen LogP contribution is 2.64. The van der Waals surface area contributed by atoms with Gasteiger partial charge >= 0.3 is 0 Å². The minimum absolute atomic E-state index is 0.0185. The number of hydrogen-bond donors (Lipinski definition) is 0. The normalized spacial score (nSPS) is 13.1. The van der Waals surface area contributed by atoms with E-state index in [-0.39, 0.29) is 22.5 Å². The Bertz CT molecular complexity index is 4340. The van der Waals surface area contributed by atoms with E-state index in [0.717, 1.165) is 122 Å². The third-order valence-corrected chi connectivity index (χ3v) is 16.6. The van der Waals surface area contributed by atoms with Crippen molar-refractivity contribution in [1.29, 1.82) is 0 Å². The zero-order valence-electron chi connectivity index (χ0n) is 47.2.